The summed E-state index contributed by atoms with van der Waals surface area (Å²) in [4.78, 5) is 1.88. The van der Waals surface area contributed by atoms with Gasteiger partial charge in [-0.2, -0.15) is 13.2 Å². The second-order valence-corrected chi connectivity index (χ2v) is 5.97. The number of furan rings is 1. The molecule has 1 aliphatic heterocycles. The van der Waals surface area contributed by atoms with Gasteiger partial charge in [-0.1, -0.05) is 11.6 Å². The number of alkyl halides is 3. The predicted octanol–water partition coefficient (Wildman–Crippen LogP) is 4.51. The van der Waals surface area contributed by atoms with Crippen LogP contribution in [-0.4, -0.2) is 31.1 Å². The Morgan fingerprint density at radius 3 is 2.44 bits per heavy atom. The van der Waals surface area contributed by atoms with Gasteiger partial charge in [0.05, 0.1) is 22.9 Å². The van der Waals surface area contributed by atoms with E-state index < -0.39 is 28.6 Å². The molecule has 0 unspecified atom stereocenters. The van der Waals surface area contributed by atoms with Gasteiger partial charge in [0.2, 0.25) is 0 Å². The van der Waals surface area contributed by atoms with E-state index in [1.807, 2.05) is 4.90 Å². The fourth-order valence-corrected chi connectivity index (χ4v) is 3.12. The molecule has 1 N–H and O–H groups in total. The molecule has 1 atom stereocenters. The molecule has 0 saturated carbocycles. The molecule has 3 nitrogen and oxygen atoms in total. The lowest BCUT2D eigenvalue weighted by atomic mass is 9.98. The molecule has 1 fully saturated rings. The molecule has 9 heteroatoms. The smallest absolute Gasteiger partial charge is 0.416 e. The first-order chi connectivity index (χ1) is 11.4. The predicted molar refractivity (Wildman–Crippen MR) is 88.7 cm³/mol. The van der Waals surface area contributed by atoms with E-state index in [1.54, 1.807) is 12.1 Å². The number of nitrogens with one attached hydrogen (secondary N) is 1. The number of rotatable bonds is 3. The molecular weight excluding hydrogens is 383 g/mol. The molecule has 138 valence electrons. The van der Waals surface area contributed by atoms with Crippen LogP contribution in [-0.2, 0) is 6.18 Å². The van der Waals surface area contributed by atoms with Crippen LogP contribution in [0.5, 0.6) is 0 Å². The van der Waals surface area contributed by atoms with Gasteiger partial charge >= 0.3 is 6.18 Å². The highest BCUT2D eigenvalue weighted by atomic mass is 35.5. The molecule has 0 spiro atoms. The SMILES string of the molecule is Cl.Fc1c(Cl)cc(C(F)(F)F)cc1[C@H](c1ccco1)N1CCNCC1. The Balaban J connectivity index is 0.00000225. The Kier molecular flexibility index (Phi) is 6.37. The number of hydrogen-bond donors (Lipinski definition) is 1. The van der Waals surface area contributed by atoms with Gasteiger partial charge in [0.25, 0.3) is 0 Å². The van der Waals surface area contributed by atoms with Crippen molar-refractivity contribution in [3.8, 4) is 0 Å². The van der Waals surface area contributed by atoms with Crippen molar-refractivity contribution in [3.05, 3.63) is 58.3 Å². The maximum Gasteiger partial charge on any atom is 0.416 e. The highest BCUT2D eigenvalue weighted by Crippen LogP contribution is 2.38. The van der Waals surface area contributed by atoms with E-state index in [0.717, 1.165) is 6.07 Å². The maximum absolute atomic E-state index is 14.6. The first-order valence-corrected chi connectivity index (χ1v) is 7.80. The van der Waals surface area contributed by atoms with Gasteiger partial charge in [0.1, 0.15) is 11.6 Å². The zero-order chi connectivity index (χ0) is 17.3. The second kappa shape index (κ2) is 7.95. The molecule has 25 heavy (non-hydrogen) atoms. The second-order valence-electron chi connectivity index (χ2n) is 5.56. The molecule has 3 rings (SSSR count). The minimum atomic E-state index is -4.61. The summed E-state index contributed by atoms with van der Waals surface area (Å²) in [7, 11) is 0. The van der Waals surface area contributed by atoms with Crippen LogP contribution in [0.2, 0.25) is 5.02 Å². The molecule has 1 aromatic heterocycles. The van der Waals surface area contributed by atoms with E-state index in [-0.39, 0.29) is 18.0 Å². The Labute approximate surface area is 153 Å². The van der Waals surface area contributed by atoms with Gasteiger partial charge in [-0.15, -0.1) is 12.4 Å². The summed E-state index contributed by atoms with van der Waals surface area (Å²) in [6, 6.07) is 3.91. The zero-order valence-electron chi connectivity index (χ0n) is 12.9. The number of benzene rings is 1. The van der Waals surface area contributed by atoms with E-state index in [0.29, 0.717) is 38.0 Å². The fraction of sp³-hybridized carbons (Fsp3) is 0.375. The summed E-state index contributed by atoms with van der Waals surface area (Å²) < 4.78 is 59.3. The fourth-order valence-electron chi connectivity index (χ4n) is 2.89. The Hall–Kier alpha value is -1.28. The summed E-state index contributed by atoms with van der Waals surface area (Å²) in [5.41, 5.74) is -1.11. The topological polar surface area (TPSA) is 28.4 Å². The van der Waals surface area contributed by atoms with Crippen LogP contribution in [0.4, 0.5) is 17.6 Å². The summed E-state index contributed by atoms with van der Waals surface area (Å²) in [5, 5.41) is 2.61. The lowest BCUT2D eigenvalue weighted by Gasteiger charge is -2.34. The molecule has 2 heterocycles. The van der Waals surface area contributed by atoms with Crippen LogP contribution in [0.1, 0.15) is 22.9 Å². The summed E-state index contributed by atoms with van der Waals surface area (Å²) in [5.74, 6) is -0.476. The van der Waals surface area contributed by atoms with Crippen molar-refractivity contribution in [2.75, 3.05) is 26.2 Å². The summed E-state index contributed by atoms with van der Waals surface area (Å²) >= 11 is 5.73. The third-order valence-electron chi connectivity index (χ3n) is 4.01. The van der Waals surface area contributed by atoms with Crippen LogP contribution in [0.3, 0.4) is 0 Å². The molecule has 0 bridgehead atoms. The minimum Gasteiger partial charge on any atom is -0.467 e. The standard InChI is InChI=1S/C16H15ClF4N2O.ClH/c17-12-9-10(16(19,20)21)8-11(14(12)18)15(13-2-1-7-24-13)23-5-3-22-4-6-23;/h1-2,7-9,15,22H,3-6H2;1H/t15-;/m1./s1. The molecule has 1 saturated heterocycles. The summed E-state index contributed by atoms with van der Waals surface area (Å²) in [6.07, 6.45) is -3.19. The normalized spacial score (nSPS) is 17.2. The van der Waals surface area contributed by atoms with E-state index in [1.165, 1.54) is 6.26 Å². The minimum absolute atomic E-state index is 0. The van der Waals surface area contributed by atoms with Crippen molar-refractivity contribution >= 4 is 24.0 Å². The molecule has 0 aliphatic carbocycles. The lowest BCUT2D eigenvalue weighted by Crippen LogP contribution is -2.45. The van der Waals surface area contributed by atoms with Crippen LogP contribution in [0.25, 0.3) is 0 Å². The van der Waals surface area contributed by atoms with Crippen molar-refractivity contribution < 1.29 is 22.0 Å². The summed E-state index contributed by atoms with van der Waals surface area (Å²) in [6.45, 7) is 2.42. The average molecular weight is 399 g/mol. The van der Waals surface area contributed by atoms with Gasteiger partial charge in [-0.25, -0.2) is 4.39 Å². The zero-order valence-corrected chi connectivity index (χ0v) is 14.5. The number of halogens is 6. The highest BCUT2D eigenvalue weighted by Gasteiger charge is 2.35. The van der Waals surface area contributed by atoms with Crippen LogP contribution >= 0.6 is 24.0 Å². The van der Waals surface area contributed by atoms with Gasteiger partial charge < -0.3 is 9.73 Å². The monoisotopic (exact) mass is 398 g/mol. The van der Waals surface area contributed by atoms with Gasteiger partial charge in [-0.05, 0) is 24.3 Å². The highest BCUT2D eigenvalue weighted by molar-refractivity contribution is 6.30. The van der Waals surface area contributed by atoms with Crippen molar-refractivity contribution in [2.24, 2.45) is 0 Å². The van der Waals surface area contributed by atoms with E-state index >= 15 is 0 Å². The van der Waals surface area contributed by atoms with E-state index in [9.17, 15) is 17.6 Å². The average Bonchev–Trinajstić information content (AvgIpc) is 3.05. The largest absolute Gasteiger partial charge is 0.467 e. The first kappa shape index (κ1) is 20.0. The van der Waals surface area contributed by atoms with Crippen molar-refractivity contribution in [1.82, 2.24) is 10.2 Å². The Bertz CT molecular complexity index is 701. The van der Waals surface area contributed by atoms with E-state index in [2.05, 4.69) is 5.32 Å². The van der Waals surface area contributed by atoms with E-state index in [4.69, 9.17) is 16.0 Å². The molecular formula is C16H16Cl2F4N2O. The molecule has 2 aromatic rings. The van der Waals surface area contributed by atoms with Crippen LogP contribution in [0.15, 0.2) is 34.9 Å². The third-order valence-corrected chi connectivity index (χ3v) is 4.28. The van der Waals surface area contributed by atoms with Gasteiger partial charge in [0.15, 0.2) is 0 Å². The molecule has 0 radical (unpaired) electrons. The van der Waals surface area contributed by atoms with Crippen molar-refractivity contribution in [3.63, 3.8) is 0 Å². The lowest BCUT2D eigenvalue weighted by molar-refractivity contribution is -0.137. The first-order valence-electron chi connectivity index (χ1n) is 7.42. The number of nitrogens with zero attached hydrogens (tertiary/aromatic N) is 1. The van der Waals surface area contributed by atoms with Gasteiger partial charge in [0, 0.05) is 31.7 Å². The Morgan fingerprint density at radius 1 is 1.20 bits per heavy atom. The number of hydrogen-bond acceptors (Lipinski definition) is 3. The number of piperazine rings is 1. The molecule has 1 aliphatic rings. The maximum atomic E-state index is 14.6. The van der Waals surface area contributed by atoms with Gasteiger partial charge in [-0.3, -0.25) is 4.90 Å². The van der Waals surface area contributed by atoms with Crippen molar-refractivity contribution in [2.45, 2.75) is 12.2 Å². The third kappa shape index (κ3) is 4.28. The van der Waals surface area contributed by atoms with Crippen molar-refractivity contribution in [1.29, 1.82) is 0 Å². The van der Waals surface area contributed by atoms with Crippen LogP contribution < -0.4 is 5.32 Å². The Morgan fingerprint density at radius 2 is 1.88 bits per heavy atom. The molecule has 0 amide bonds. The van der Waals surface area contributed by atoms with Crippen LogP contribution in [0, 0.1) is 5.82 Å². The molecule has 1 aromatic carbocycles. The quantitative estimate of drug-likeness (QED) is 0.771.